The number of hydrogen-bond acceptors (Lipinski definition) is 5. The fourth-order valence-corrected chi connectivity index (χ4v) is 3.28. The van der Waals surface area contributed by atoms with Crippen LogP contribution in [-0.2, 0) is 0 Å². The van der Waals surface area contributed by atoms with Crippen molar-refractivity contribution in [3.8, 4) is 0 Å². The van der Waals surface area contributed by atoms with E-state index in [1.165, 1.54) is 12.8 Å². The maximum Gasteiger partial charge on any atom is 0.254 e. The van der Waals surface area contributed by atoms with Crippen LogP contribution in [0.1, 0.15) is 46.9 Å². The number of aromatic nitrogens is 3. The van der Waals surface area contributed by atoms with E-state index in [-0.39, 0.29) is 5.91 Å². The average Bonchev–Trinajstić information content (AvgIpc) is 3.49. The predicted octanol–water partition coefficient (Wildman–Crippen LogP) is 2.41. The van der Waals surface area contributed by atoms with Crippen molar-refractivity contribution in [3.05, 3.63) is 47.4 Å². The van der Waals surface area contributed by atoms with Crippen molar-refractivity contribution >= 4 is 11.7 Å². The Morgan fingerprint density at radius 1 is 1.08 bits per heavy atom. The first-order valence-electron chi connectivity index (χ1n) is 9.01. The Morgan fingerprint density at radius 3 is 2.72 bits per heavy atom. The summed E-state index contributed by atoms with van der Waals surface area (Å²) in [6, 6.07) is 7.80. The Balaban J connectivity index is 1.44. The zero-order valence-corrected chi connectivity index (χ0v) is 14.6. The standard InChI is InChI=1S/C19H23N5O/c1-14-3-6-18(22-21-14)23-9-2-10-24(12-11-23)19(25)16-7-8-20-17(13-16)15-4-5-15/h3,6-8,13,15H,2,4-5,9-12H2,1H3. The highest BCUT2D eigenvalue weighted by Gasteiger charge is 2.27. The molecule has 130 valence electrons. The van der Waals surface area contributed by atoms with Gasteiger partial charge in [0.25, 0.3) is 5.91 Å². The van der Waals surface area contributed by atoms with Gasteiger partial charge in [0.2, 0.25) is 0 Å². The van der Waals surface area contributed by atoms with Gasteiger partial charge in [-0.15, -0.1) is 5.10 Å². The molecule has 0 spiro atoms. The lowest BCUT2D eigenvalue weighted by molar-refractivity contribution is 0.0766. The molecule has 1 aliphatic heterocycles. The Bertz CT molecular complexity index is 757. The van der Waals surface area contributed by atoms with Gasteiger partial charge in [0.1, 0.15) is 0 Å². The van der Waals surface area contributed by atoms with E-state index in [0.717, 1.165) is 48.8 Å². The van der Waals surface area contributed by atoms with Crippen molar-refractivity contribution in [2.75, 3.05) is 31.1 Å². The minimum atomic E-state index is 0.112. The molecule has 0 aromatic carbocycles. The van der Waals surface area contributed by atoms with Gasteiger partial charge in [0.05, 0.1) is 5.69 Å². The number of anilines is 1. The van der Waals surface area contributed by atoms with Gasteiger partial charge >= 0.3 is 0 Å². The summed E-state index contributed by atoms with van der Waals surface area (Å²) in [5, 5.41) is 8.41. The first-order chi connectivity index (χ1) is 12.2. The summed E-state index contributed by atoms with van der Waals surface area (Å²) in [6.07, 6.45) is 5.09. The van der Waals surface area contributed by atoms with Crippen LogP contribution in [0.5, 0.6) is 0 Å². The van der Waals surface area contributed by atoms with Crippen molar-refractivity contribution in [1.82, 2.24) is 20.1 Å². The Labute approximate surface area is 147 Å². The molecule has 1 saturated heterocycles. The molecule has 2 aliphatic rings. The van der Waals surface area contributed by atoms with Gasteiger partial charge in [0, 0.05) is 49.6 Å². The summed E-state index contributed by atoms with van der Waals surface area (Å²) in [4.78, 5) is 21.5. The summed E-state index contributed by atoms with van der Waals surface area (Å²) in [6.45, 7) is 5.09. The molecule has 0 unspecified atom stereocenters. The largest absolute Gasteiger partial charge is 0.353 e. The lowest BCUT2D eigenvalue weighted by atomic mass is 10.1. The second-order valence-electron chi connectivity index (χ2n) is 6.91. The monoisotopic (exact) mass is 337 g/mol. The van der Waals surface area contributed by atoms with Crippen LogP contribution in [0.4, 0.5) is 5.82 Å². The molecule has 6 nitrogen and oxygen atoms in total. The number of pyridine rings is 1. The van der Waals surface area contributed by atoms with Gasteiger partial charge in [-0.2, -0.15) is 5.10 Å². The van der Waals surface area contributed by atoms with E-state index in [4.69, 9.17) is 0 Å². The maximum atomic E-state index is 12.9. The molecule has 3 heterocycles. The molecule has 1 saturated carbocycles. The van der Waals surface area contributed by atoms with E-state index in [0.29, 0.717) is 12.5 Å². The lowest BCUT2D eigenvalue weighted by Crippen LogP contribution is -2.35. The molecule has 6 heteroatoms. The predicted molar refractivity (Wildman–Crippen MR) is 95.7 cm³/mol. The van der Waals surface area contributed by atoms with Crippen LogP contribution in [-0.4, -0.2) is 52.2 Å². The molecule has 1 amide bonds. The Kier molecular flexibility index (Phi) is 4.34. The second kappa shape index (κ2) is 6.78. The van der Waals surface area contributed by atoms with Crippen molar-refractivity contribution in [2.24, 2.45) is 0 Å². The molecule has 4 rings (SSSR count). The molecule has 0 radical (unpaired) electrons. The topological polar surface area (TPSA) is 62.2 Å². The van der Waals surface area contributed by atoms with E-state index in [9.17, 15) is 4.79 Å². The summed E-state index contributed by atoms with van der Waals surface area (Å²) in [7, 11) is 0. The molecule has 0 bridgehead atoms. The number of carbonyl (C=O) groups is 1. The van der Waals surface area contributed by atoms with E-state index in [1.54, 1.807) is 6.20 Å². The normalized spacial score (nSPS) is 18.1. The minimum absolute atomic E-state index is 0.112. The van der Waals surface area contributed by atoms with Gasteiger partial charge in [-0.05, 0) is 50.5 Å². The molecular formula is C19H23N5O. The quantitative estimate of drug-likeness (QED) is 0.861. The van der Waals surface area contributed by atoms with Crippen molar-refractivity contribution in [2.45, 2.75) is 32.1 Å². The molecule has 2 aromatic rings. The van der Waals surface area contributed by atoms with Crippen LogP contribution in [0.3, 0.4) is 0 Å². The van der Waals surface area contributed by atoms with E-state index >= 15 is 0 Å². The highest BCUT2D eigenvalue weighted by molar-refractivity contribution is 5.94. The lowest BCUT2D eigenvalue weighted by Gasteiger charge is -2.22. The maximum absolute atomic E-state index is 12.9. The van der Waals surface area contributed by atoms with Gasteiger partial charge in [-0.3, -0.25) is 9.78 Å². The third-order valence-electron chi connectivity index (χ3n) is 4.91. The van der Waals surface area contributed by atoms with Crippen molar-refractivity contribution < 1.29 is 4.79 Å². The number of amides is 1. The number of rotatable bonds is 3. The second-order valence-corrected chi connectivity index (χ2v) is 6.91. The smallest absolute Gasteiger partial charge is 0.254 e. The number of nitrogens with zero attached hydrogens (tertiary/aromatic N) is 5. The Hall–Kier alpha value is -2.50. The van der Waals surface area contributed by atoms with E-state index in [1.807, 2.05) is 36.1 Å². The summed E-state index contributed by atoms with van der Waals surface area (Å²) >= 11 is 0. The molecular weight excluding hydrogens is 314 g/mol. The van der Waals surface area contributed by atoms with Crippen LogP contribution in [0.15, 0.2) is 30.5 Å². The molecule has 2 fully saturated rings. The van der Waals surface area contributed by atoms with Gasteiger partial charge < -0.3 is 9.80 Å². The zero-order valence-electron chi connectivity index (χ0n) is 14.6. The third kappa shape index (κ3) is 3.62. The van der Waals surface area contributed by atoms with Gasteiger partial charge in [-0.1, -0.05) is 0 Å². The van der Waals surface area contributed by atoms with Crippen LogP contribution in [0.25, 0.3) is 0 Å². The van der Waals surface area contributed by atoms with E-state index in [2.05, 4.69) is 20.1 Å². The summed E-state index contributed by atoms with van der Waals surface area (Å²) in [5.41, 5.74) is 2.75. The van der Waals surface area contributed by atoms with Crippen LogP contribution >= 0.6 is 0 Å². The molecule has 25 heavy (non-hydrogen) atoms. The Morgan fingerprint density at radius 2 is 1.96 bits per heavy atom. The van der Waals surface area contributed by atoms with Crippen LogP contribution in [0, 0.1) is 6.92 Å². The van der Waals surface area contributed by atoms with Crippen LogP contribution < -0.4 is 4.90 Å². The van der Waals surface area contributed by atoms with Crippen molar-refractivity contribution in [1.29, 1.82) is 0 Å². The SMILES string of the molecule is Cc1ccc(N2CCCN(C(=O)c3ccnc(C4CC4)c3)CC2)nn1. The average molecular weight is 337 g/mol. The number of aryl methyl sites for hydroxylation is 1. The number of carbonyl (C=O) groups excluding carboxylic acids is 1. The summed E-state index contributed by atoms with van der Waals surface area (Å²) < 4.78 is 0. The molecule has 2 aromatic heterocycles. The molecule has 1 aliphatic carbocycles. The first kappa shape index (κ1) is 16.0. The first-order valence-corrected chi connectivity index (χ1v) is 9.01. The fourth-order valence-electron chi connectivity index (χ4n) is 3.28. The van der Waals surface area contributed by atoms with Gasteiger partial charge in [-0.25, -0.2) is 0 Å². The van der Waals surface area contributed by atoms with Crippen LogP contribution in [0.2, 0.25) is 0 Å². The fraction of sp³-hybridized carbons (Fsp3) is 0.474. The van der Waals surface area contributed by atoms with Crippen molar-refractivity contribution in [3.63, 3.8) is 0 Å². The number of hydrogen-bond donors (Lipinski definition) is 0. The molecule has 0 atom stereocenters. The highest BCUT2D eigenvalue weighted by Crippen LogP contribution is 2.39. The zero-order chi connectivity index (χ0) is 17.2. The minimum Gasteiger partial charge on any atom is -0.353 e. The molecule has 0 N–H and O–H groups in total. The third-order valence-corrected chi connectivity index (χ3v) is 4.91. The summed E-state index contributed by atoms with van der Waals surface area (Å²) in [5.74, 6) is 1.56. The van der Waals surface area contributed by atoms with Gasteiger partial charge in [0.15, 0.2) is 5.82 Å². The van der Waals surface area contributed by atoms with E-state index < -0.39 is 0 Å². The highest BCUT2D eigenvalue weighted by atomic mass is 16.2.